The first-order chi connectivity index (χ1) is 8.72. The number of aromatic nitrogens is 1. The van der Waals surface area contributed by atoms with Gasteiger partial charge in [0.2, 0.25) is 5.88 Å². The fourth-order valence-electron chi connectivity index (χ4n) is 1.57. The summed E-state index contributed by atoms with van der Waals surface area (Å²) in [7, 11) is 1.60. The molecule has 0 aliphatic carbocycles. The molecule has 0 fully saturated rings. The average Bonchev–Trinajstić information content (AvgIpc) is 2.42. The van der Waals surface area contributed by atoms with E-state index in [4.69, 9.17) is 15.2 Å². The van der Waals surface area contributed by atoms with Gasteiger partial charge in [-0.2, -0.15) is 0 Å². The van der Waals surface area contributed by atoms with Crippen LogP contribution in [0.25, 0.3) is 0 Å². The van der Waals surface area contributed by atoms with E-state index in [0.29, 0.717) is 23.1 Å². The third-order valence-electron chi connectivity index (χ3n) is 2.64. The van der Waals surface area contributed by atoms with Crippen molar-refractivity contribution in [3.63, 3.8) is 0 Å². The molecule has 0 unspecified atom stereocenters. The third-order valence-corrected chi connectivity index (χ3v) is 2.64. The SMILES string of the molecule is CCc1ccc(Oc2ccc(OC)cn2)c(N)c1. The van der Waals surface area contributed by atoms with Gasteiger partial charge < -0.3 is 15.2 Å². The number of nitrogens with zero attached hydrogens (tertiary/aromatic N) is 1. The van der Waals surface area contributed by atoms with E-state index in [-0.39, 0.29) is 0 Å². The molecule has 94 valence electrons. The van der Waals surface area contributed by atoms with Gasteiger partial charge in [-0.15, -0.1) is 0 Å². The molecule has 1 aromatic carbocycles. The summed E-state index contributed by atoms with van der Waals surface area (Å²) in [5.41, 5.74) is 7.72. The molecule has 2 N–H and O–H groups in total. The fraction of sp³-hybridized carbons (Fsp3) is 0.214. The molecule has 18 heavy (non-hydrogen) atoms. The van der Waals surface area contributed by atoms with Crippen LogP contribution in [0.15, 0.2) is 36.5 Å². The largest absolute Gasteiger partial charge is 0.495 e. The Hall–Kier alpha value is -2.23. The van der Waals surface area contributed by atoms with Crippen LogP contribution in [0, 0.1) is 0 Å². The number of hydrogen-bond donors (Lipinski definition) is 1. The minimum absolute atomic E-state index is 0.492. The van der Waals surface area contributed by atoms with Gasteiger partial charge in [0.15, 0.2) is 5.75 Å². The molecular weight excluding hydrogens is 228 g/mol. The highest BCUT2D eigenvalue weighted by molar-refractivity contribution is 5.55. The number of anilines is 1. The van der Waals surface area contributed by atoms with Gasteiger partial charge in [-0.1, -0.05) is 13.0 Å². The molecule has 0 bridgehead atoms. The average molecular weight is 244 g/mol. The van der Waals surface area contributed by atoms with Crippen molar-refractivity contribution < 1.29 is 9.47 Å². The normalized spacial score (nSPS) is 10.1. The Morgan fingerprint density at radius 1 is 1.22 bits per heavy atom. The predicted octanol–water partition coefficient (Wildman–Crippen LogP) is 3.03. The van der Waals surface area contributed by atoms with Gasteiger partial charge in [0.25, 0.3) is 0 Å². The van der Waals surface area contributed by atoms with E-state index in [9.17, 15) is 0 Å². The molecule has 0 aliphatic heterocycles. The maximum absolute atomic E-state index is 5.92. The monoisotopic (exact) mass is 244 g/mol. The number of pyridine rings is 1. The van der Waals surface area contributed by atoms with E-state index in [0.717, 1.165) is 6.42 Å². The Labute approximate surface area is 106 Å². The lowest BCUT2D eigenvalue weighted by Crippen LogP contribution is -1.95. The highest BCUT2D eigenvalue weighted by Crippen LogP contribution is 2.27. The fourth-order valence-corrected chi connectivity index (χ4v) is 1.57. The van der Waals surface area contributed by atoms with E-state index >= 15 is 0 Å². The minimum atomic E-state index is 0.492. The van der Waals surface area contributed by atoms with Crippen molar-refractivity contribution in [1.29, 1.82) is 0 Å². The molecule has 0 aliphatic rings. The first-order valence-electron chi connectivity index (χ1n) is 5.79. The van der Waals surface area contributed by atoms with Crippen LogP contribution in [0.1, 0.15) is 12.5 Å². The molecule has 0 saturated carbocycles. The molecular formula is C14H16N2O2. The summed E-state index contributed by atoms with van der Waals surface area (Å²) in [4.78, 5) is 4.13. The highest BCUT2D eigenvalue weighted by atomic mass is 16.5. The number of rotatable bonds is 4. The quantitative estimate of drug-likeness (QED) is 0.840. The van der Waals surface area contributed by atoms with Crippen LogP contribution >= 0.6 is 0 Å². The predicted molar refractivity (Wildman–Crippen MR) is 71.1 cm³/mol. The first kappa shape index (κ1) is 12.2. The smallest absolute Gasteiger partial charge is 0.219 e. The zero-order chi connectivity index (χ0) is 13.0. The number of hydrogen-bond acceptors (Lipinski definition) is 4. The number of aryl methyl sites for hydroxylation is 1. The van der Waals surface area contributed by atoms with Gasteiger partial charge in [-0.05, 0) is 30.2 Å². The van der Waals surface area contributed by atoms with Crippen molar-refractivity contribution in [2.24, 2.45) is 0 Å². The van der Waals surface area contributed by atoms with Gasteiger partial charge in [0.1, 0.15) is 5.75 Å². The van der Waals surface area contributed by atoms with E-state index in [1.54, 1.807) is 25.4 Å². The lowest BCUT2D eigenvalue weighted by molar-refractivity contribution is 0.408. The Kier molecular flexibility index (Phi) is 3.67. The van der Waals surface area contributed by atoms with Gasteiger partial charge in [-0.3, -0.25) is 0 Å². The molecule has 1 heterocycles. The maximum atomic E-state index is 5.92. The standard InChI is InChI=1S/C14H16N2O2/c1-3-10-4-6-13(12(15)8-10)18-14-7-5-11(17-2)9-16-14/h4-9H,3,15H2,1-2H3. The third kappa shape index (κ3) is 2.71. The first-order valence-corrected chi connectivity index (χ1v) is 5.79. The van der Waals surface area contributed by atoms with Crippen molar-refractivity contribution in [3.8, 4) is 17.4 Å². The van der Waals surface area contributed by atoms with Gasteiger partial charge >= 0.3 is 0 Å². The molecule has 0 spiro atoms. The zero-order valence-corrected chi connectivity index (χ0v) is 10.5. The van der Waals surface area contributed by atoms with Crippen LogP contribution in [-0.2, 0) is 6.42 Å². The van der Waals surface area contributed by atoms with Gasteiger partial charge in [0.05, 0.1) is 19.0 Å². The van der Waals surface area contributed by atoms with Crippen molar-refractivity contribution in [2.75, 3.05) is 12.8 Å². The molecule has 4 nitrogen and oxygen atoms in total. The summed E-state index contributed by atoms with van der Waals surface area (Å²) in [5.74, 6) is 1.80. The van der Waals surface area contributed by atoms with Crippen LogP contribution in [0.4, 0.5) is 5.69 Å². The summed E-state index contributed by atoms with van der Waals surface area (Å²) < 4.78 is 10.6. The van der Waals surface area contributed by atoms with Crippen molar-refractivity contribution in [3.05, 3.63) is 42.1 Å². The van der Waals surface area contributed by atoms with E-state index < -0.39 is 0 Å². The molecule has 0 amide bonds. The van der Waals surface area contributed by atoms with Crippen LogP contribution in [0.3, 0.4) is 0 Å². The van der Waals surface area contributed by atoms with Crippen LogP contribution < -0.4 is 15.2 Å². The van der Waals surface area contributed by atoms with E-state index in [1.165, 1.54) is 5.56 Å². The molecule has 2 aromatic rings. The number of methoxy groups -OCH3 is 1. The second-order valence-corrected chi connectivity index (χ2v) is 3.86. The summed E-state index contributed by atoms with van der Waals surface area (Å²) in [6.07, 6.45) is 2.55. The summed E-state index contributed by atoms with van der Waals surface area (Å²) in [6, 6.07) is 9.30. The second-order valence-electron chi connectivity index (χ2n) is 3.86. The Morgan fingerprint density at radius 2 is 2.06 bits per heavy atom. The molecule has 0 radical (unpaired) electrons. The van der Waals surface area contributed by atoms with Crippen molar-refractivity contribution in [1.82, 2.24) is 4.98 Å². The second kappa shape index (κ2) is 5.40. The lowest BCUT2D eigenvalue weighted by Gasteiger charge is -2.09. The summed E-state index contributed by atoms with van der Waals surface area (Å²) >= 11 is 0. The Bertz CT molecular complexity index is 524. The lowest BCUT2D eigenvalue weighted by atomic mass is 10.1. The number of nitrogen functional groups attached to an aromatic ring is 1. The van der Waals surface area contributed by atoms with Crippen LogP contribution in [-0.4, -0.2) is 12.1 Å². The number of benzene rings is 1. The van der Waals surface area contributed by atoms with Crippen molar-refractivity contribution in [2.45, 2.75) is 13.3 Å². The van der Waals surface area contributed by atoms with E-state index in [1.807, 2.05) is 18.2 Å². The topological polar surface area (TPSA) is 57.4 Å². The van der Waals surface area contributed by atoms with Crippen molar-refractivity contribution >= 4 is 5.69 Å². The minimum Gasteiger partial charge on any atom is -0.495 e. The number of nitrogens with two attached hydrogens (primary N) is 1. The Morgan fingerprint density at radius 3 is 2.61 bits per heavy atom. The molecule has 0 saturated heterocycles. The molecule has 1 aromatic heterocycles. The maximum Gasteiger partial charge on any atom is 0.219 e. The van der Waals surface area contributed by atoms with Gasteiger partial charge in [0, 0.05) is 6.07 Å². The van der Waals surface area contributed by atoms with E-state index in [2.05, 4.69) is 11.9 Å². The molecule has 0 atom stereocenters. The van der Waals surface area contributed by atoms with Crippen LogP contribution in [0.2, 0.25) is 0 Å². The summed E-state index contributed by atoms with van der Waals surface area (Å²) in [5, 5.41) is 0. The highest BCUT2D eigenvalue weighted by Gasteiger charge is 2.04. The molecule has 4 heteroatoms. The number of ether oxygens (including phenoxy) is 2. The van der Waals surface area contributed by atoms with Gasteiger partial charge in [-0.25, -0.2) is 4.98 Å². The molecule has 2 rings (SSSR count). The zero-order valence-electron chi connectivity index (χ0n) is 10.5. The Balaban J connectivity index is 2.17. The van der Waals surface area contributed by atoms with Crippen LogP contribution in [0.5, 0.6) is 17.4 Å². The summed E-state index contributed by atoms with van der Waals surface area (Å²) in [6.45, 7) is 2.08.